The zero-order valence-corrected chi connectivity index (χ0v) is 12.2. The van der Waals surface area contributed by atoms with Gasteiger partial charge in [0, 0.05) is 32.7 Å². The third-order valence-electron chi connectivity index (χ3n) is 3.74. The molecule has 0 spiro atoms. The molecule has 1 aromatic carbocycles. The lowest BCUT2D eigenvalue weighted by Gasteiger charge is -2.34. The molecule has 5 heteroatoms. The molecular formula is C15H21N3O2. The highest BCUT2D eigenvalue weighted by atomic mass is 16.2. The largest absolute Gasteiger partial charge is 0.331 e. The fraction of sp³-hybridized carbons (Fsp3) is 0.467. The van der Waals surface area contributed by atoms with Crippen molar-refractivity contribution in [3.63, 3.8) is 0 Å². The molecule has 0 radical (unpaired) electrons. The van der Waals surface area contributed by atoms with Crippen LogP contribution in [0.5, 0.6) is 0 Å². The highest BCUT2D eigenvalue weighted by molar-refractivity contribution is 5.93. The Labute approximate surface area is 119 Å². The number of anilines is 1. The third kappa shape index (κ3) is 2.76. The summed E-state index contributed by atoms with van der Waals surface area (Å²) in [5.41, 5.74) is 1.91. The van der Waals surface area contributed by atoms with Gasteiger partial charge in [0.05, 0.1) is 6.04 Å². The van der Waals surface area contributed by atoms with Crippen molar-refractivity contribution in [1.82, 2.24) is 10.2 Å². The van der Waals surface area contributed by atoms with Gasteiger partial charge in [-0.25, -0.2) is 4.79 Å². The smallest absolute Gasteiger partial charge is 0.317 e. The standard InChI is InChI=1S/C15H21N3O2/c1-4-17(3)15(20)16-13-9-10-18(11(2)19)14-8-6-5-7-12(13)14/h5-8,13H,4,9-10H2,1-3H3,(H,16,20). The van der Waals surface area contributed by atoms with Crippen LogP contribution >= 0.6 is 0 Å². The van der Waals surface area contributed by atoms with Crippen LogP contribution in [-0.4, -0.2) is 37.0 Å². The van der Waals surface area contributed by atoms with E-state index in [1.165, 1.54) is 0 Å². The molecule has 1 aromatic rings. The number of urea groups is 1. The van der Waals surface area contributed by atoms with Gasteiger partial charge < -0.3 is 15.1 Å². The number of hydrogen-bond acceptors (Lipinski definition) is 2. The number of rotatable bonds is 2. The van der Waals surface area contributed by atoms with Gasteiger partial charge in [-0.1, -0.05) is 18.2 Å². The first-order valence-electron chi connectivity index (χ1n) is 6.93. The summed E-state index contributed by atoms with van der Waals surface area (Å²) in [5, 5.41) is 3.03. The summed E-state index contributed by atoms with van der Waals surface area (Å²) in [6, 6.07) is 7.63. The van der Waals surface area contributed by atoms with E-state index in [1.54, 1.807) is 23.8 Å². The number of carbonyl (C=O) groups excluding carboxylic acids is 2. The van der Waals surface area contributed by atoms with Crippen molar-refractivity contribution < 1.29 is 9.59 Å². The molecule has 0 aliphatic carbocycles. The number of nitrogens with zero attached hydrogens (tertiary/aromatic N) is 2. The topological polar surface area (TPSA) is 52.7 Å². The van der Waals surface area contributed by atoms with E-state index < -0.39 is 0 Å². The van der Waals surface area contributed by atoms with Gasteiger partial charge in [-0.15, -0.1) is 0 Å². The van der Waals surface area contributed by atoms with Crippen LogP contribution < -0.4 is 10.2 Å². The number of nitrogens with one attached hydrogen (secondary N) is 1. The maximum Gasteiger partial charge on any atom is 0.317 e. The van der Waals surface area contributed by atoms with Crippen molar-refractivity contribution in [3.05, 3.63) is 29.8 Å². The van der Waals surface area contributed by atoms with Crippen molar-refractivity contribution in [2.75, 3.05) is 25.0 Å². The van der Waals surface area contributed by atoms with Gasteiger partial charge >= 0.3 is 6.03 Å². The molecule has 0 bridgehead atoms. The maximum absolute atomic E-state index is 12.0. The summed E-state index contributed by atoms with van der Waals surface area (Å²) < 4.78 is 0. The summed E-state index contributed by atoms with van der Waals surface area (Å²) in [7, 11) is 1.77. The van der Waals surface area contributed by atoms with Gasteiger partial charge in [0.25, 0.3) is 0 Å². The average molecular weight is 275 g/mol. The summed E-state index contributed by atoms with van der Waals surface area (Å²) in [5.74, 6) is 0.0351. The lowest BCUT2D eigenvalue weighted by atomic mass is 9.96. The molecule has 108 valence electrons. The Hall–Kier alpha value is -2.04. The molecule has 5 nitrogen and oxygen atoms in total. The second kappa shape index (κ2) is 5.94. The Kier molecular flexibility index (Phi) is 4.27. The van der Waals surface area contributed by atoms with Gasteiger partial charge in [0.2, 0.25) is 5.91 Å². The van der Waals surface area contributed by atoms with Crippen molar-refractivity contribution in [2.24, 2.45) is 0 Å². The molecule has 2 rings (SSSR count). The van der Waals surface area contributed by atoms with E-state index in [0.29, 0.717) is 13.1 Å². The molecular weight excluding hydrogens is 254 g/mol. The van der Waals surface area contributed by atoms with E-state index in [0.717, 1.165) is 17.7 Å². The first-order chi connectivity index (χ1) is 9.54. The predicted molar refractivity (Wildman–Crippen MR) is 78.7 cm³/mol. The second-order valence-electron chi connectivity index (χ2n) is 5.03. The third-order valence-corrected chi connectivity index (χ3v) is 3.74. The van der Waals surface area contributed by atoms with Gasteiger partial charge in [-0.3, -0.25) is 4.79 Å². The van der Waals surface area contributed by atoms with Crippen LogP contribution in [0.4, 0.5) is 10.5 Å². The molecule has 1 atom stereocenters. The molecule has 1 unspecified atom stereocenters. The Morgan fingerprint density at radius 1 is 1.40 bits per heavy atom. The van der Waals surface area contributed by atoms with Gasteiger partial charge in [0.15, 0.2) is 0 Å². The average Bonchev–Trinajstić information content (AvgIpc) is 2.46. The first kappa shape index (κ1) is 14.4. The second-order valence-corrected chi connectivity index (χ2v) is 5.03. The van der Waals surface area contributed by atoms with Gasteiger partial charge in [-0.05, 0) is 25.0 Å². The molecule has 1 heterocycles. The zero-order chi connectivity index (χ0) is 14.7. The number of hydrogen-bond donors (Lipinski definition) is 1. The molecule has 0 fully saturated rings. The van der Waals surface area contributed by atoms with E-state index in [2.05, 4.69) is 5.32 Å². The van der Waals surface area contributed by atoms with E-state index in [1.807, 2.05) is 31.2 Å². The van der Waals surface area contributed by atoms with Crippen molar-refractivity contribution in [2.45, 2.75) is 26.3 Å². The van der Waals surface area contributed by atoms with Crippen LogP contribution in [0.3, 0.4) is 0 Å². The van der Waals surface area contributed by atoms with Crippen molar-refractivity contribution >= 4 is 17.6 Å². The fourth-order valence-electron chi connectivity index (χ4n) is 2.44. The van der Waals surface area contributed by atoms with Gasteiger partial charge in [-0.2, -0.15) is 0 Å². The van der Waals surface area contributed by atoms with Crippen LogP contribution in [0, 0.1) is 0 Å². The number of benzene rings is 1. The molecule has 3 amide bonds. The molecule has 1 aliphatic heterocycles. The monoisotopic (exact) mass is 275 g/mol. The normalized spacial score (nSPS) is 17.4. The van der Waals surface area contributed by atoms with Crippen LogP contribution in [0.25, 0.3) is 0 Å². The Bertz CT molecular complexity index is 516. The molecule has 0 aromatic heterocycles. The number of carbonyl (C=O) groups is 2. The summed E-state index contributed by atoms with van der Waals surface area (Å²) >= 11 is 0. The Morgan fingerprint density at radius 2 is 2.10 bits per heavy atom. The Morgan fingerprint density at radius 3 is 2.75 bits per heavy atom. The lowest BCUT2D eigenvalue weighted by molar-refractivity contribution is -0.116. The van der Waals surface area contributed by atoms with Crippen LogP contribution in [0.15, 0.2) is 24.3 Å². The minimum atomic E-state index is -0.0800. The first-order valence-corrected chi connectivity index (χ1v) is 6.93. The SMILES string of the molecule is CCN(C)C(=O)NC1CCN(C(C)=O)c2ccccc21. The van der Waals surface area contributed by atoms with E-state index >= 15 is 0 Å². The lowest BCUT2D eigenvalue weighted by Crippen LogP contribution is -2.43. The summed E-state index contributed by atoms with van der Waals surface area (Å²) in [6.45, 7) is 4.80. The predicted octanol–water partition coefficient (Wildman–Crippen LogP) is 2.15. The Balaban J connectivity index is 2.23. The van der Waals surface area contributed by atoms with E-state index in [9.17, 15) is 9.59 Å². The molecule has 20 heavy (non-hydrogen) atoms. The molecule has 1 N–H and O–H groups in total. The fourth-order valence-corrected chi connectivity index (χ4v) is 2.44. The highest BCUT2D eigenvalue weighted by Crippen LogP contribution is 2.33. The zero-order valence-electron chi connectivity index (χ0n) is 12.2. The van der Waals surface area contributed by atoms with Crippen molar-refractivity contribution in [3.8, 4) is 0 Å². The molecule has 0 saturated carbocycles. The molecule has 0 saturated heterocycles. The molecule has 1 aliphatic rings. The van der Waals surface area contributed by atoms with Crippen LogP contribution in [0.1, 0.15) is 31.9 Å². The summed E-state index contributed by atoms with van der Waals surface area (Å²) in [6.07, 6.45) is 0.736. The van der Waals surface area contributed by atoms with Crippen LogP contribution in [-0.2, 0) is 4.79 Å². The van der Waals surface area contributed by atoms with Gasteiger partial charge in [0.1, 0.15) is 0 Å². The maximum atomic E-state index is 12.0. The minimum absolute atomic E-state index is 0.0351. The van der Waals surface area contributed by atoms with Crippen LogP contribution in [0.2, 0.25) is 0 Å². The minimum Gasteiger partial charge on any atom is -0.331 e. The number of amides is 3. The summed E-state index contributed by atoms with van der Waals surface area (Å²) in [4.78, 5) is 27.1. The number of para-hydroxylation sites is 1. The number of fused-ring (bicyclic) bond motifs is 1. The van der Waals surface area contributed by atoms with E-state index in [4.69, 9.17) is 0 Å². The highest BCUT2D eigenvalue weighted by Gasteiger charge is 2.28. The van der Waals surface area contributed by atoms with Crippen molar-refractivity contribution in [1.29, 1.82) is 0 Å². The van der Waals surface area contributed by atoms with E-state index in [-0.39, 0.29) is 18.0 Å². The quantitative estimate of drug-likeness (QED) is 0.899.